The fourth-order valence-corrected chi connectivity index (χ4v) is 0.678. The van der Waals surface area contributed by atoms with Gasteiger partial charge >= 0.3 is 6.36 Å². The summed E-state index contributed by atoms with van der Waals surface area (Å²) >= 11 is 0. The van der Waals surface area contributed by atoms with Gasteiger partial charge in [0.05, 0.1) is 0 Å². The molecule has 0 spiro atoms. The lowest BCUT2D eigenvalue weighted by atomic mass is 10.4. The van der Waals surface area contributed by atoms with Gasteiger partial charge in [-0.1, -0.05) is 0 Å². The van der Waals surface area contributed by atoms with E-state index >= 15 is 0 Å². The lowest BCUT2D eigenvalue weighted by molar-refractivity contribution is -0.275. The highest BCUT2D eigenvalue weighted by molar-refractivity contribution is 5.32. The van der Waals surface area contributed by atoms with Gasteiger partial charge in [-0.3, -0.25) is 4.79 Å². The van der Waals surface area contributed by atoms with Crippen LogP contribution in [0.15, 0.2) is 17.1 Å². The third-order valence-corrected chi connectivity index (χ3v) is 1.13. The minimum absolute atomic E-state index is 0.0282. The summed E-state index contributed by atoms with van der Waals surface area (Å²) in [5.41, 5.74) is 4.18. The van der Waals surface area contributed by atoms with Gasteiger partial charge in [0.25, 0.3) is 0 Å². The molecule has 1 rings (SSSR count). The molecule has 0 aliphatic carbocycles. The SMILES string of the molecule is Nc1cc(=O)c(OC(F)(F)F)c[nH]1. The monoisotopic (exact) mass is 194 g/mol. The summed E-state index contributed by atoms with van der Waals surface area (Å²) in [7, 11) is 0. The molecule has 0 amide bonds. The van der Waals surface area contributed by atoms with Crippen LogP contribution in [-0.4, -0.2) is 11.3 Å². The number of hydrogen-bond acceptors (Lipinski definition) is 3. The predicted octanol–water partition coefficient (Wildman–Crippen LogP) is 0.856. The van der Waals surface area contributed by atoms with Crippen molar-refractivity contribution in [1.29, 1.82) is 0 Å². The molecule has 0 bridgehead atoms. The highest BCUT2D eigenvalue weighted by Crippen LogP contribution is 2.18. The standard InChI is InChI=1S/C6H5F3N2O2/c7-6(8,9)13-4-2-11-5(10)1-3(4)12/h1-2H,(H3,10,11,12). The first-order valence-electron chi connectivity index (χ1n) is 3.12. The second kappa shape index (κ2) is 3.00. The second-order valence-corrected chi connectivity index (χ2v) is 2.16. The van der Waals surface area contributed by atoms with Crippen molar-refractivity contribution in [1.82, 2.24) is 4.98 Å². The molecule has 7 heteroatoms. The number of nitrogens with one attached hydrogen (secondary N) is 1. The molecule has 3 N–H and O–H groups in total. The Morgan fingerprint density at radius 3 is 2.54 bits per heavy atom. The third kappa shape index (κ3) is 2.69. The first kappa shape index (κ1) is 9.43. The highest BCUT2D eigenvalue weighted by Gasteiger charge is 2.32. The number of halogens is 3. The quantitative estimate of drug-likeness (QED) is 0.696. The van der Waals surface area contributed by atoms with Crippen LogP contribution in [0.5, 0.6) is 5.75 Å². The van der Waals surface area contributed by atoms with Crippen LogP contribution in [0.2, 0.25) is 0 Å². The van der Waals surface area contributed by atoms with Gasteiger partial charge in [0.1, 0.15) is 5.82 Å². The summed E-state index contributed by atoms with van der Waals surface area (Å²) in [5, 5.41) is 0. The largest absolute Gasteiger partial charge is 0.573 e. The van der Waals surface area contributed by atoms with Crippen LogP contribution in [0.25, 0.3) is 0 Å². The van der Waals surface area contributed by atoms with Crippen molar-refractivity contribution in [3.8, 4) is 5.75 Å². The summed E-state index contributed by atoms with van der Waals surface area (Å²) in [6, 6.07) is 0.807. The Hall–Kier alpha value is -1.66. The van der Waals surface area contributed by atoms with Gasteiger partial charge < -0.3 is 15.5 Å². The molecule has 0 aliphatic rings. The van der Waals surface area contributed by atoms with Crippen LogP contribution in [-0.2, 0) is 0 Å². The molecule has 4 nitrogen and oxygen atoms in total. The number of nitrogens with two attached hydrogens (primary N) is 1. The summed E-state index contributed by atoms with van der Waals surface area (Å²) < 4.78 is 38.2. The maximum Gasteiger partial charge on any atom is 0.573 e. The molecule has 0 saturated heterocycles. The van der Waals surface area contributed by atoms with Crippen molar-refractivity contribution in [3.05, 3.63) is 22.5 Å². The Morgan fingerprint density at radius 2 is 2.08 bits per heavy atom. The zero-order valence-corrected chi connectivity index (χ0v) is 6.18. The van der Waals surface area contributed by atoms with Gasteiger partial charge in [0, 0.05) is 12.3 Å². The molecule has 0 saturated carbocycles. The number of hydrogen-bond donors (Lipinski definition) is 2. The van der Waals surface area contributed by atoms with E-state index in [0.717, 1.165) is 12.3 Å². The van der Waals surface area contributed by atoms with Crippen LogP contribution in [0.4, 0.5) is 19.0 Å². The Kier molecular flexibility index (Phi) is 2.18. The van der Waals surface area contributed by atoms with Gasteiger partial charge in [0.15, 0.2) is 5.75 Å². The maximum absolute atomic E-state index is 11.6. The molecule has 0 radical (unpaired) electrons. The number of aromatic nitrogens is 1. The van der Waals surface area contributed by atoms with Gasteiger partial charge in [-0.05, 0) is 0 Å². The summed E-state index contributed by atoms with van der Waals surface area (Å²) in [6.45, 7) is 0. The summed E-state index contributed by atoms with van der Waals surface area (Å²) in [6.07, 6.45) is -4.12. The van der Waals surface area contributed by atoms with E-state index < -0.39 is 17.5 Å². The number of H-pyrrole nitrogens is 1. The molecule has 0 atom stereocenters. The third-order valence-electron chi connectivity index (χ3n) is 1.13. The Labute approximate surface area is 70.1 Å². The lowest BCUT2D eigenvalue weighted by Gasteiger charge is -2.07. The molecule has 1 aromatic rings. The van der Waals surface area contributed by atoms with Crippen molar-refractivity contribution >= 4 is 5.82 Å². The zero-order chi connectivity index (χ0) is 10.1. The molecule has 1 heterocycles. The van der Waals surface area contributed by atoms with Gasteiger partial charge in [0.2, 0.25) is 5.43 Å². The topological polar surface area (TPSA) is 68.1 Å². The van der Waals surface area contributed by atoms with Crippen LogP contribution < -0.4 is 15.9 Å². The van der Waals surface area contributed by atoms with E-state index in [0.29, 0.717) is 0 Å². The van der Waals surface area contributed by atoms with E-state index in [2.05, 4.69) is 9.72 Å². The van der Waals surface area contributed by atoms with Crippen LogP contribution in [0.1, 0.15) is 0 Å². The number of aromatic amines is 1. The van der Waals surface area contributed by atoms with Crippen molar-refractivity contribution in [2.45, 2.75) is 6.36 Å². The van der Waals surface area contributed by atoms with E-state index in [1.54, 1.807) is 0 Å². The molecule has 0 aliphatic heterocycles. The Bertz CT molecular complexity index is 358. The first-order chi connectivity index (χ1) is 5.88. The average Bonchev–Trinajstić information content (AvgIpc) is 1.93. The number of anilines is 1. The molecule has 0 aromatic carbocycles. The molecule has 0 unspecified atom stereocenters. The smallest absolute Gasteiger partial charge is 0.400 e. The predicted molar refractivity (Wildman–Crippen MR) is 38.2 cm³/mol. The number of rotatable bonds is 1. The molecule has 0 fully saturated rings. The van der Waals surface area contributed by atoms with Crippen molar-refractivity contribution in [2.24, 2.45) is 0 Å². The molecular weight excluding hydrogens is 189 g/mol. The molecular formula is C6H5F3N2O2. The zero-order valence-electron chi connectivity index (χ0n) is 6.18. The average molecular weight is 194 g/mol. The minimum atomic E-state index is -4.87. The van der Waals surface area contributed by atoms with Crippen LogP contribution in [0.3, 0.4) is 0 Å². The van der Waals surface area contributed by atoms with E-state index in [1.807, 2.05) is 0 Å². The normalized spacial score (nSPS) is 11.3. The van der Waals surface area contributed by atoms with Gasteiger partial charge in [-0.25, -0.2) is 0 Å². The maximum atomic E-state index is 11.6. The van der Waals surface area contributed by atoms with E-state index in [-0.39, 0.29) is 5.82 Å². The van der Waals surface area contributed by atoms with Crippen molar-refractivity contribution in [3.63, 3.8) is 0 Å². The van der Waals surface area contributed by atoms with E-state index in [4.69, 9.17) is 5.73 Å². The van der Waals surface area contributed by atoms with Crippen LogP contribution >= 0.6 is 0 Å². The fourth-order valence-electron chi connectivity index (χ4n) is 0.678. The first-order valence-corrected chi connectivity index (χ1v) is 3.12. The molecule has 1 aromatic heterocycles. The van der Waals surface area contributed by atoms with E-state index in [9.17, 15) is 18.0 Å². The van der Waals surface area contributed by atoms with Crippen LogP contribution in [0, 0.1) is 0 Å². The summed E-state index contributed by atoms with van der Waals surface area (Å²) in [5.74, 6) is -0.860. The molecule has 72 valence electrons. The number of pyridine rings is 1. The van der Waals surface area contributed by atoms with Crippen molar-refractivity contribution < 1.29 is 17.9 Å². The fraction of sp³-hybridized carbons (Fsp3) is 0.167. The van der Waals surface area contributed by atoms with Crippen molar-refractivity contribution in [2.75, 3.05) is 5.73 Å². The summed E-state index contributed by atoms with van der Waals surface area (Å²) in [4.78, 5) is 13.0. The lowest BCUT2D eigenvalue weighted by Crippen LogP contribution is -2.21. The number of nitrogen functional groups attached to an aromatic ring is 1. The molecule has 13 heavy (non-hydrogen) atoms. The highest BCUT2D eigenvalue weighted by atomic mass is 19.4. The number of alkyl halides is 3. The van der Waals surface area contributed by atoms with E-state index in [1.165, 1.54) is 0 Å². The van der Waals surface area contributed by atoms with Gasteiger partial charge in [-0.15, -0.1) is 13.2 Å². The number of ether oxygens (including phenoxy) is 1. The Morgan fingerprint density at radius 1 is 1.46 bits per heavy atom. The van der Waals surface area contributed by atoms with Gasteiger partial charge in [-0.2, -0.15) is 0 Å². The minimum Gasteiger partial charge on any atom is -0.400 e. The second-order valence-electron chi connectivity index (χ2n) is 2.16. The Balaban J connectivity index is 2.98.